The van der Waals surface area contributed by atoms with E-state index in [9.17, 15) is 18.0 Å². The summed E-state index contributed by atoms with van der Waals surface area (Å²) >= 11 is 0. The lowest BCUT2D eigenvalue weighted by atomic mass is 10.1. The molecule has 2 rings (SSSR count). The first-order chi connectivity index (χ1) is 13.7. The van der Waals surface area contributed by atoms with Crippen LogP contribution in [0, 0.1) is 6.92 Å². The molecule has 0 fully saturated rings. The highest BCUT2D eigenvalue weighted by Gasteiger charge is 2.16. The van der Waals surface area contributed by atoms with Crippen LogP contribution in [0.3, 0.4) is 0 Å². The minimum absolute atomic E-state index is 0.00740. The van der Waals surface area contributed by atoms with E-state index in [1.54, 1.807) is 25.1 Å². The molecule has 0 heterocycles. The number of hydrogen-bond donors (Lipinski definition) is 1. The SMILES string of the molecule is COc1ccccc1OCCNC(=O)COC(=O)c1cc(S(C)(=O)=O)ccc1C. The van der Waals surface area contributed by atoms with Crippen molar-refractivity contribution in [1.82, 2.24) is 5.32 Å². The van der Waals surface area contributed by atoms with Crippen molar-refractivity contribution in [2.45, 2.75) is 11.8 Å². The largest absolute Gasteiger partial charge is 0.493 e. The normalized spacial score (nSPS) is 10.9. The number of carbonyl (C=O) groups excluding carboxylic acids is 2. The Morgan fingerprint density at radius 1 is 1.07 bits per heavy atom. The van der Waals surface area contributed by atoms with Crippen molar-refractivity contribution >= 4 is 21.7 Å². The van der Waals surface area contributed by atoms with Crippen LogP contribution in [-0.4, -0.2) is 53.4 Å². The van der Waals surface area contributed by atoms with Gasteiger partial charge in [-0.25, -0.2) is 13.2 Å². The smallest absolute Gasteiger partial charge is 0.338 e. The first-order valence-corrected chi connectivity index (χ1v) is 10.6. The number of amides is 1. The molecule has 0 aliphatic carbocycles. The lowest BCUT2D eigenvalue weighted by Crippen LogP contribution is -2.32. The Kier molecular flexibility index (Phi) is 7.60. The predicted molar refractivity (Wildman–Crippen MR) is 106 cm³/mol. The second-order valence-electron chi connectivity index (χ2n) is 6.17. The average molecular weight is 421 g/mol. The number of aryl methyl sites for hydroxylation is 1. The third-order valence-corrected chi connectivity index (χ3v) is 5.05. The van der Waals surface area contributed by atoms with Crippen molar-refractivity contribution in [3.8, 4) is 11.5 Å². The fraction of sp³-hybridized carbons (Fsp3) is 0.300. The maximum absolute atomic E-state index is 12.2. The van der Waals surface area contributed by atoms with Gasteiger partial charge in [0, 0.05) is 6.26 Å². The topological polar surface area (TPSA) is 108 Å². The van der Waals surface area contributed by atoms with Crippen molar-refractivity contribution in [2.24, 2.45) is 0 Å². The van der Waals surface area contributed by atoms with Gasteiger partial charge in [0.2, 0.25) is 0 Å². The van der Waals surface area contributed by atoms with E-state index in [2.05, 4.69) is 5.32 Å². The summed E-state index contributed by atoms with van der Waals surface area (Å²) in [6, 6.07) is 11.3. The van der Waals surface area contributed by atoms with Gasteiger partial charge in [-0.05, 0) is 36.8 Å². The number of para-hydroxylation sites is 2. The van der Waals surface area contributed by atoms with Gasteiger partial charge in [0.1, 0.15) is 6.61 Å². The molecule has 0 atom stereocenters. The second-order valence-corrected chi connectivity index (χ2v) is 8.19. The van der Waals surface area contributed by atoms with Gasteiger partial charge >= 0.3 is 5.97 Å². The number of hydrogen-bond acceptors (Lipinski definition) is 7. The molecule has 0 aliphatic rings. The lowest BCUT2D eigenvalue weighted by Gasteiger charge is -2.11. The maximum atomic E-state index is 12.2. The van der Waals surface area contributed by atoms with Gasteiger partial charge < -0.3 is 19.5 Å². The van der Waals surface area contributed by atoms with E-state index in [0.717, 1.165) is 6.26 Å². The Morgan fingerprint density at radius 2 is 1.76 bits per heavy atom. The highest BCUT2D eigenvalue weighted by Crippen LogP contribution is 2.25. The number of ether oxygens (including phenoxy) is 3. The zero-order valence-electron chi connectivity index (χ0n) is 16.4. The molecular weight excluding hydrogens is 398 g/mol. The van der Waals surface area contributed by atoms with Crippen molar-refractivity contribution in [3.63, 3.8) is 0 Å². The first-order valence-electron chi connectivity index (χ1n) is 8.72. The summed E-state index contributed by atoms with van der Waals surface area (Å²) in [7, 11) is -1.93. The number of nitrogens with one attached hydrogen (secondary N) is 1. The van der Waals surface area contributed by atoms with Crippen LogP contribution in [0.1, 0.15) is 15.9 Å². The second kappa shape index (κ2) is 9.92. The molecule has 2 aromatic carbocycles. The number of methoxy groups -OCH3 is 1. The zero-order chi connectivity index (χ0) is 21.4. The standard InChI is InChI=1S/C20H23NO7S/c1-14-8-9-15(29(3,24)25)12-16(14)20(23)28-13-19(22)21-10-11-27-18-7-5-4-6-17(18)26-2/h4-9,12H,10-11,13H2,1-3H3,(H,21,22). The van der Waals surface area contributed by atoms with Gasteiger partial charge in [-0.15, -0.1) is 0 Å². The Bertz CT molecular complexity index is 986. The van der Waals surface area contributed by atoms with Crippen LogP contribution in [0.25, 0.3) is 0 Å². The van der Waals surface area contributed by atoms with Crippen LogP contribution < -0.4 is 14.8 Å². The van der Waals surface area contributed by atoms with E-state index in [-0.39, 0.29) is 23.6 Å². The van der Waals surface area contributed by atoms with Crippen molar-refractivity contribution in [2.75, 3.05) is 33.1 Å². The van der Waals surface area contributed by atoms with Crippen LogP contribution in [0.2, 0.25) is 0 Å². The lowest BCUT2D eigenvalue weighted by molar-refractivity contribution is -0.124. The molecule has 1 amide bonds. The van der Waals surface area contributed by atoms with E-state index < -0.39 is 28.3 Å². The molecule has 0 radical (unpaired) electrons. The van der Waals surface area contributed by atoms with Crippen molar-refractivity contribution in [3.05, 3.63) is 53.6 Å². The summed E-state index contributed by atoms with van der Waals surface area (Å²) in [4.78, 5) is 24.1. The number of carbonyl (C=O) groups is 2. The molecule has 0 saturated heterocycles. The minimum atomic E-state index is -3.46. The summed E-state index contributed by atoms with van der Waals surface area (Å²) in [5, 5.41) is 2.57. The molecule has 0 aromatic heterocycles. The van der Waals surface area contributed by atoms with Crippen LogP contribution >= 0.6 is 0 Å². The summed E-state index contributed by atoms with van der Waals surface area (Å²) in [6.45, 7) is 1.57. The highest BCUT2D eigenvalue weighted by molar-refractivity contribution is 7.90. The third kappa shape index (κ3) is 6.49. The van der Waals surface area contributed by atoms with E-state index in [0.29, 0.717) is 17.1 Å². The summed E-state index contributed by atoms with van der Waals surface area (Å²) in [5.74, 6) is -0.135. The summed E-state index contributed by atoms with van der Waals surface area (Å²) in [5.41, 5.74) is 0.647. The molecule has 0 spiro atoms. The fourth-order valence-corrected chi connectivity index (χ4v) is 3.05. The molecule has 8 nitrogen and oxygen atoms in total. The van der Waals surface area contributed by atoms with Gasteiger partial charge in [-0.1, -0.05) is 18.2 Å². The molecular formula is C20H23NO7S. The fourth-order valence-electron chi connectivity index (χ4n) is 2.40. The average Bonchev–Trinajstić information content (AvgIpc) is 2.69. The summed E-state index contributed by atoms with van der Waals surface area (Å²) < 4.78 is 39.0. The Balaban J connectivity index is 1.81. The number of benzene rings is 2. The molecule has 1 N–H and O–H groups in total. The molecule has 0 aliphatic heterocycles. The predicted octanol–water partition coefficient (Wildman–Crippen LogP) is 1.76. The van der Waals surface area contributed by atoms with E-state index in [1.807, 2.05) is 6.07 Å². The maximum Gasteiger partial charge on any atom is 0.338 e. The molecule has 2 aromatic rings. The molecule has 0 saturated carbocycles. The number of sulfone groups is 1. The molecule has 0 bridgehead atoms. The Hall–Kier alpha value is -3.07. The van der Waals surface area contributed by atoms with Gasteiger partial charge in [-0.3, -0.25) is 4.79 Å². The molecule has 9 heteroatoms. The van der Waals surface area contributed by atoms with Crippen LogP contribution in [-0.2, 0) is 19.4 Å². The van der Waals surface area contributed by atoms with Gasteiger partial charge in [0.25, 0.3) is 5.91 Å². The summed E-state index contributed by atoms with van der Waals surface area (Å²) in [6.07, 6.45) is 1.05. The molecule has 156 valence electrons. The quantitative estimate of drug-likeness (QED) is 0.485. The zero-order valence-corrected chi connectivity index (χ0v) is 17.2. The number of rotatable bonds is 9. The Morgan fingerprint density at radius 3 is 2.41 bits per heavy atom. The molecule has 0 unspecified atom stereocenters. The minimum Gasteiger partial charge on any atom is -0.493 e. The molecule has 29 heavy (non-hydrogen) atoms. The van der Waals surface area contributed by atoms with E-state index >= 15 is 0 Å². The number of esters is 1. The van der Waals surface area contributed by atoms with Crippen LogP contribution in [0.5, 0.6) is 11.5 Å². The third-order valence-electron chi connectivity index (χ3n) is 3.94. The highest BCUT2D eigenvalue weighted by atomic mass is 32.2. The van der Waals surface area contributed by atoms with Gasteiger partial charge in [0.15, 0.2) is 27.9 Å². The van der Waals surface area contributed by atoms with E-state index in [4.69, 9.17) is 14.2 Å². The first kappa shape index (κ1) is 22.2. The Labute approximate surface area is 169 Å². The van der Waals surface area contributed by atoms with Gasteiger partial charge in [0.05, 0.1) is 24.1 Å². The van der Waals surface area contributed by atoms with Crippen molar-refractivity contribution in [1.29, 1.82) is 0 Å². The van der Waals surface area contributed by atoms with Crippen molar-refractivity contribution < 1.29 is 32.2 Å². The van der Waals surface area contributed by atoms with Gasteiger partial charge in [-0.2, -0.15) is 0 Å². The monoisotopic (exact) mass is 421 g/mol. The van der Waals surface area contributed by atoms with Crippen LogP contribution in [0.15, 0.2) is 47.4 Å². The van der Waals surface area contributed by atoms with E-state index in [1.165, 1.54) is 25.3 Å². The van der Waals surface area contributed by atoms with Crippen LogP contribution in [0.4, 0.5) is 0 Å².